The maximum atomic E-state index is 4.44. The lowest BCUT2D eigenvalue weighted by Gasteiger charge is -2.32. The van der Waals surface area contributed by atoms with Gasteiger partial charge in [0.2, 0.25) is 0 Å². The molecule has 1 aliphatic heterocycles. The van der Waals surface area contributed by atoms with Crippen molar-refractivity contribution in [1.82, 2.24) is 19.9 Å². The highest BCUT2D eigenvalue weighted by atomic mass is 15.1. The molecule has 3 heterocycles. The average molecular weight is 254 g/mol. The summed E-state index contributed by atoms with van der Waals surface area (Å²) in [6.45, 7) is 3.24. The van der Waals surface area contributed by atoms with Gasteiger partial charge in [-0.15, -0.1) is 0 Å². The second-order valence-electron chi connectivity index (χ2n) is 5.06. The van der Waals surface area contributed by atoms with Crippen molar-refractivity contribution in [3.05, 3.63) is 54.4 Å². The van der Waals surface area contributed by atoms with Crippen LogP contribution >= 0.6 is 0 Å². The highest BCUT2D eigenvalue weighted by Crippen LogP contribution is 2.25. The minimum Gasteiger partial charge on any atom is -0.298 e. The van der Waals surface area contributed by atoms with Crippen LogP contribution in [0.4, 0.5) is 0 Å². The van der Waals surface area contributed by atoms with Gasteiger partial charge in [0, 0.05) is 50.0 Å². The Labute approximate surface area is 113 Å². The van der Waals surface area contributed by atoms with E-state index in [0.29, 0.717) is 5.92 Å². The smallest absolute Gasteiger partial charge is 0.0630 e. The highest BCUT2D eigenvalue weighted by Gasteiger charge is 2.22. The largest absolute Gasteiger partial charge is 0.298 e. The van der Waals surface area contributed by atoms with E-state index in [1.54, 1.807) is 12.4 Å². The third kappa shape index (κ3) is 3.15. The summed E-state index contributed by atoms with van der Waals surface area (Å²) < 4.78 is 0. The molecular formula is C15H18N4. The molecule has 19 heavy (non-hydrogen) atoms. The van der Waals surface area contributed by atoms with Gasteiger partial charge >= 0.3 is 0 Å². The van der Waals surface area contributed by atoms with E-state index in [-0.39, 0.29) is 0 Å². The Hall–Kier alpha value is -1.81. The Kier molecular flexibility index (Phi) is 3.79. The topological polar surface area (TPSA) is 41.9 Å². The standard InChI is InChI=1S/C15H18N4/c1-2-14(15-10-17-7-8-18-15)12-19(9-1)11-13-3-5-16-6-4-13/h3-8,10,14H,1-2,9,11-12H2. The third-order valence-electron chi connectivity index (χ3n) is 3.66. The first kappa shape index (κ1) is 12.2. The van der Waals surface area contributed by atoms with Crippen LogP contribution in [-0.2, 0) is 6.54 Å². The number of piperidine rings is 1. The average Bonchev–Trinajstić information content (AvgIpc) is 2.49. The molecule has 1 atom stereocenters. The second-order valence-corrected chi connectivity index (χ2v) is 5.06. The number of pyridine rings is 1. The number of likely N-dealkylation sites (tertiary alicyclic amines) is 1. The molecule has 1 saturated heterocycles. The molecule has 98 valence electrons. The summed E-state index contributed by atoms with van der Waals surface area (Å²) in [5.74, 6) is 0.518. The van der Waals surface area contributed by atoms with Gasteiger partial charge in [-0.05, 0) is 37.1 Å². The number of hydrogen-bond donors (Lipinski definition) is 0. The van der Waals surface area contributed by atoms with Gasteiger partial charge < -0.3 is 0 Å². The quantitative estimate of drug-likeness (QED) is 0.842. The number of rotatable bonds is 3. The predicted octanol–water partition coefficient (Wildman–Crippen LogP) is 2.25. The molecule has 4 nitrogen and oxygen atoms in total. The van der Waals surface area contributed by atoms with Crippen LogP contribution in [0.2, 0.25) is 0 Å². The van der Waals surface area contributed by atoms with Crippen LogP contribution in [-0.4, -0.2) is 32.9 Å². The summed E-state index contributed by atoms with van der Waals surface area (Å²) in [6, 6.07) is 4.18. The van der Waals surface area contributed by atoms with Crippen LogP contribution in [0.25, 0.3) is 0 Å². The van der Waals surface area contributed by atoms with Crippen molar-refractivity contribution < 1.29 is 0 Å². The van der Waals surface area contributed by atoms with Crippen molar-refractivity contribution in [2.75, 3.05) is 13.1 Å². The van der Waals surface area contributed by atoms with Gasteiger partial charge in [0.15, 0.2) is 0 Å². The molecule has 2 aromatic rings. The number of aromatic nitrogens is 3. The molecular weight excluding hydrogens is 236 g/mol. The van der Waals surface area contributed by atoms with Crippen molar-refractivity contribution in [2.45, 2.75) is 25.3 Å². The summed E-state index contributed by atoms with van der Waals surface area (Å²) in [5, 5.41) is 0. The van der Waals surface area contributed by atoms with Gasteiger partial charge in [-0.2, -0.15) is 0 Å². The van der Waals surface area contributed by atoms with Crippen molar-refractivity contribution in [2.24, 2.45) is 0 Å². The summed E-state index contributed by atoms with van der Waals surface area (Å²) >= 11 is 0. The van der Waals surface area contributed by atoms with Crippen LogP contribution in [0, 0.1) is 0 Å². The predicted molar refractivity (Wildman–Crippen MR) is 73.5 cm³/mol. The van der Waals surface area contributed by atoms with Gasteiger partial charge in [0.05, 0.1) is 5.69 Å². The van der Waals surface area contributed by atoms with Gasteiger partial charge in [-0.25, -0.2) is 0 Å². The van der Waals surface area contributed by atoms with Gasteiger partial charge in [-0.1, -0.05) is 0 Å². The maximum Gasteiger partial charge on any atom is 0.0630 e. The van der Waals surface area contributed by atoms with Crippen LogP contribution in [0.5, 0.6) is 0 Å². The first-order valence-electron chi connectivity index (χ1n) is 6.79. The molecule has 1 unspecified atom stereocenters. The van der Waals surface area contributed by atoms with Crippen LogP contribution in [0.1, 0.15) is 30.0 Å². The molecule has 0 radical (unpaired) electrons. The molecule has 0 N–H and O–H groups in total. The second kappa shape index (κ2) is 5.89. The Balaban J connectivity index is 1.65. The fourth-order valence-corrected chi connectivity index (χ4v) is 2.71. The fraction of sp³-hybridized carbons (Fsp3) is 0.400. The van der Waals surface area contributed by atoms with Gasteiger partial charge in [-0.3, -0.25) is 19.9 Å². The Bertz CT molecular complexity index is 500. The van der Waals surface area contributed by atoms with Crippen LogP contribution in [0.15, 0.2) is 43.1 Å². The molecule has 0 aliphatic carbocycles. The number of hydrogen-bond acceptors (Lipinski definition) is 4. The van der Waals surface area contributed by atoms with E-state index in [1.165, 1.54) is 24.9 Å². The molecule has 0 aromatic carbocycles. The minimum atomic E-state index is 0.518. The lowest BCUT2D eigenvalue weighted by molar-refractivity contribution is 0.198. The molecule has 0 spiro atoms. The summed E-state index contributed by atoms with van der Waals surface area (Å²) in [6.07, 6.45) is 11.6. The summed E-state index contributed by atoms with van der Waals surface area (Å²) in [7, 11) is 0. The Morgan fingerprint density at radius 2 is 2.00 bits per heavy atom. The first-order valence-corrected chi connectivity index (χ1v) is 6.79. The van der Waals surface area contributed by atoms with Gasteiger partial charge in [0.1, 0.15) is 0 Å². The fourth-order valence-electron chi connectivity index (χ4n) is 2.71. The van der Waals surface area contributed by atoms with E-state index in [9.17, 15) is 0 Å². The zero-order valence-corrected chi connectivity index (χ0v) is 10.9. The normalized spacial score (nSPS) is 20.3. The molecule has 3 rings (SSSR count). The van der Waals surface area contributed by atoms with E-state index >= 15 is 0 Å². The minimum absolute atomic E-state index is 0.518. The molecule has 0 amide bonds. The van der Waals surface area contributed by atoms with E-state index in [4.69, 9.17) is 0 Å². The summed E-state index contributed by atoms with van der Waals surface area (Å²) in [4.78, 5) is 15.2. The Morgan fingerprint density at radius 1 is 1.11 bits per heavy atom. The molecule has 1 aliphatic rings. The molecule has 0 saturated carbocycles. The highest BCUT2D eigenvalue weighted by molar-refractivity contribution is 5.11. The molecule has 1 fully saturated rings. The summed E-state index contributed by atoms with van der Waals surface area (Å²) in [5.41, 5.74) is 2.46. The molecule has 2 aromatic heterocycles. The monoisotopic (exact) mass is 254 g/mol. The van der Waals surface area contributed by atoms with Crippen LogP contribution < -0.4 is 0 Å². The SMILES string of the molecule is c1cc(CN2CCCC(c3cnccn3)C2)ccn1. The lowest BCUT2D eigenvalue weighted by atomic mass is 9.95. The molecule has 4 heteroatoms. The first-order chi connectivity index (χ1) is 9.42. The molecule has 0 bridgehead atoms. The van der Waals surface area contributed by atoms with Crippen LogP contribution in [0.3, 0.4) is 0 Å². The van der Waals surface area contributed by atoms with E-state index in [2.05, 4.69) is 32.0 Å². The van der Waals surface area contributed by atoms with E-state index < -0.39 is 0 Å². The van der Waals surface area contributed by atoms with Crippen molar-refractivity contribution >= 4 is 0 Å². The van der Waals surface area contributed by atoms with Crippen molar-refractivity contribution in [3.63, 3.8) is 0 Å². The van der Waals surface area contributed by atoms with Crippen molar-refractivity contribution in [1.29, 1.82) is 0 Å². The maximum absolute atomic E-state index is 4.44. The zero-order chi connectivity index (χ0) is 12.9. The third-order valence-corrected chi connectivity index (χ3v) is 3.66. The van der Waals surface area contributed by atoms with E-state index in [1.807, 2.05) is 18.6 Å². The van der Waals surface area contributed by atoms with Gasteiger partial charge in [0.25, 0.3) is 0 Å². The number of nitrogens with zero attached hydrogens (tertiary/aromatic N) is 4. The lowest BCUT2D eigenvalue weighted by Crippen LogP contribution is -2.34. The van der Waals surface area contributed by atoms with E-state index in [0.717, 1.165) is 18.8 Å². The Morgan fingerprint density at radius 3 is 2.79 bits per heavy atom. The zero-order valence-electron chi connectivity index (χ0n) is 10.9. The van der Waals surface area contributed by atoms with Crippen molar-refractivity contribution in [3.8, 4) is 0 Å².